The lowest BCUT2D eigenvalue weighted by Crippen LogP contribution is -2.47. The van der Waals surface area contributed by atoms with Crippen LogP contribution in [0.15, 0.2) is 12.3 Å². The fraction of sp³-hybridized carbons (Fsp3) is 0.684. The Bertz CT molecular complexity index is 615. The van der Waals surface area contributed by atoms with Gasteiger partial charge in [0.1, 0.15) is 11.4 Å². The molecule has 6 heteroatoms. The summed E-state index contributed by atoms with van der Waals surface area (Å²) in [7, 11) is 0. The van der Waals surface area contributed by atoms with Gasteiger partial charge in [-0.25, -0.2) is 9.18 Å². The first-order valence-corrected chi connectivity index (χ1v) is 9.09. The Morgan fingerprint density at radius 2 is 2.20 bits per heavy atom. The molecule has 2 N–H and O–H groups in total. The van der Waals surface area contributed by atoms with Crippen molar-refractivity contribution in [1.29, 1.82) is 0 Å². The van der Waals surface area contributed by atoms with E-state index in [1.807, 2.05) is 27.7 Å². The highest BCUT2D eigenvalue weighted by molar-refractivity contribution is 5.70. The van der Waals surface area contributed by atoms with Crippen LogP contribution in [0, 0.1) is 5.82 Å². The molecule has 0 spiro atoms. The average molecular weight is 351 g/mol. The largest absolute Gasteiger partial charge is 0.444 e. The van der Waals surface area contributed by atoms with Gasteiger partial charge in [0.2, 0.25) is 0 Å². The number of likely N-dealkylation sites (tertiary alicyclic amines) is 1. The number of amides is 1. The third kappa shape index (κ3) is 4.29. The van der Waals surface area contributed by atoms with Gasteiger partial charge in [0, 0.05) is 17.8 Å². The standard InChI is InChI=1S/C19H30FN3O2/c1-5-19(9-7-11-23(19)17(24)25-18(2,3)4)15-12-14(20)13-22-16(15)8-6-10-21/h12-13H,5-11,21H2,1-4H3. The summed E-state index contributed by atoms with van der Waals surface area (Å²) >= 11 is 0. The summed E-state index contributed by atoms with van der Waals surface area (Å²) in [4.78, 5) is 18.9. The zero-order valence-electron chi connectivity index (χ0n) is 15.8. The van der Waals surface area contributed by atoms with Crippen LogP contribution in [-0.2, 0) is 16.7 Å². The topological polar surface area (TPSA) is 68.5 Å². The Balaban J connectivity index is 2.44. The summed E-state index contributed by atoms with van der Waals surface area (Å²) in [5.41, 5.74) is 6.12. The van der Waals surface area contributed by atoms with Gasteiger partial charge in [-0.05, 0) is 65.5 Å². The van der Waals surface area contributed by atoms with Crippen molar-refractivity contribution in [1.82, 2.24) is 9.88 Å². The molecule has 1 aromatic heterocycles. The lowest BCUT2D eigenvalue weighted by atomic mass is 9.83. The lowest BCUT2D eigenvalue weighted by molar-refractivity contribution is 0.00571. The summed E-state index contributed by atoms with van der Waals surface area (Å²) in [6.07, 6.45) is 4.68. The van der Waals surface area contributed by atoms with E-state index in [0.717, 1.165) is 30.5 Å². The molecule has 1 aromatic rings. The van der Waals surface area contributed by atoms with Crippen molar-refractivity contribution in [2.45, 2.75) is 70.9 Å². The van der Waals surface area contributed by atoms with Crippen molar-refractivity contribution in [2.24, 2.45) is 5.73 Å². The van der Waals surface area contributed by atoms with Crippen LogP contribution in [0.25, 0.3) is 0 Å². The molecule has 1 saturated heterocycles. The van der Waals surface area contributed by atoms with Crippen LogP contribution >= 0.6 is 0 Å². The Morgan fingerprint density at radius 3 is 2.80 bits per heavy atom. The molecule has 1 amide bonds. The minimum atomic E-state index is -0.568. The molecular weight excluding hydrogens is 321 g/mol. The number of halogens is 1. The second kappa shape index (κ2) is 7.68. The van der Waals surface area contributed by atoms with Gasteiger partial charge in [-0.15, -0.1) is 0 Å². The summed E-state index contributed by atoms with van der Waals surface area (Å²) in [5, 5.41) is 0. The molecule has 1 aliphatic rings. The maximum atomic E-state index is 14.0. The van der Waals surface area contributed by atoms with Gasteiger partial charge in [-0.1, -0.05) is 6.92 Å². The zero-order chi connectivity index (χ0) is 18.7. The number of aryl methyl sites for hydroxylation is 1. The molecular formula is C19H30FN3O2. The predicted molar refractivity (Wildman–Crippen MR) is 95.7 cm³/mol. The van der Waals surface area contributed by atoms with E-state index in [-0.39, 0.29) is 11.9 Å². The highest BCUT2D eigenvalue weighted by Crippen LogP contribution is 2.43. The molecule has 25 heavy (non-hydrogen) atoms. The Hall–Kier alpha value is -1.69. The van der Waals surface area contributed by atoms with Gasteiger partial charge in [0.25, 0.3) is 0 Å². The second-order valence-electron chi connectivity index (χ2n) is 7.66. The molecule has 0 aromatic carbocycles. The van der Waals surface area contributed by atoms with Gasteiger partial charge in [-0.3, -0.25) is 9.88 Å². The first-order valence-electron chi connectivity index (χ1n) is 9.09. The normalized spacial score (nSPS) is 20.8. The number of aromatic nitrogens is 1. The number of carbonyl (C=O) groups excluding carboxylic acids is 1. The van der Waals surface area contributed by atoms with Gasteiger partial charge in [0.15, 0.2) is 0 Å². The van der Waals surface area contributed by atoms with Crippen LogP contribution in [0.1, 0.15) is 64.6 Å². The van der Waals surface area contributed by atoms with Crippen LogP contribution in [0.3, 0.4) is 0 Å². The maximum Gasteiger partial charge on any atom is 0.411 e. The minimum Gasteiger partial charge on any atom is -0.444 e. The summed E-state index contributed by atoms with van der Waals surface area (Å²) in [6, 6.07) is 1.53. The predicted octanol–water partition coefficient (Wildman–Crippen LogP) is 3.75. The van der Waals surface area contributed by atoms with Crippen molar-refractivity contribution < 1.29 is 13.9 Å². The Kier molecular flexibility index (Phi) is 6.03. The van der Waals surface area contributed by atoms with Crippen LogP contribution in [0.4, 0.5) is 9.18 Å². The maximum absolute atomic E-state index is 14.0. The number of ether oxygens (including phenoxy) is 1. The van der Waals surface area contributed by atoms with E-state index in [4.69, 9.17) is 10.5 Å². The van der Waals surface area contributed by atoms with E-state index in [2.05, 4.69) is 4.98 Å². The number of pyridine rings is 1. The van der Waals surface area contributed by atoms with Crippen molar-refractivity contribution in [3.8, 4) is 0 Å². The lowest BCUT2D eigenvalue weighted by Gasteiger charge is -2.40. The van der Waals surface area contributed by atoms with E-state index in [0.29, 0.717) is 25.9 Å². The fourth-order valence-electron chi connectivity index (χ4n) is 3.64. The molecule has 2 heterocycles. The molecule has 0 saturated carbocycles. The van der Waals surface area contributed by atoms with Crippen molar-refractivity contribution >= 4 is 6.09 Å². The van der Waals surface area contributed by atoms with Crippen LogP contribution < -0.4 is 5.73 Å². The number of nitrogens with zero attached hydrogens (tertiary/aromatic N) is 2. The Morgan fingerprint density at radius 1 is 1.48 bits per heavy atom. The SMILES string of the molecule is CCC1(c2cc(F)cnc2CCCN)CCCN1C(=O)OC(C)(C)C. The zero-order valence-corrected chi connectivity index (χ0v) is 15.8. The number of hydrogen-bond acceptors (Lipinski definition) is 4. The average Bonchev–Trinajstić information content (AvgIpc) is 2.97. The molecule has 1 atom stereocenters. The molecule has 5 nitrogen and oxygen atoms in total. The van der Waals surface area contributed by atoms with Crippen molar-refractivity contribution in [2.75, 3.05) is 13.1 Å². The van der Waals surface area contributed by atoms with Crippen LogP contribution in [0.2, 0.25) is 0 Å². The molecule has 0 aliphatic carbocycles. The molecule has 2 rings (SSSR count). The van der Waals surface area contributed by atoms with Crippen LogP contribution in [0.5, 0.6) is 0 Å². The first kappa shape index (κ1) is 19.6. The first-order chi connectivity index (χ1) is 11.7. The number of carbonyl (C=O) groups is 1. The molecule has 1 unspecified atom stereocenters. The van der Waals surface area contributed by atoms with Crippen molar-refractivity contribution in [3.63, 3.8) is 0 Å². The number of nitrogens with two attached hydrogens (primary N) is 1. The summed E-state index contributed by atoms with van der Waals surface area (Å²) in [6.45, 7) is 8.74. The van der Waals surface area contributed by atoms with Gasteiger partial charge in [0.05, 0.1) is 11.7 Å². The highest BCUT2D eigenvalue weighted by Gasteiger charge is 2.46. The molecule has 0 bridgehead atoms. The highest BCUT2D eigenvalue weighted by atomic mass is 19.1. The van der Waals surface area contributed by atoms with E-state index in [1.54, 1.807) is 4.90 Å². The molecule has 1 fully saturated rings. The summed E-state index contributed by atoms with van der Waals surface area (Å²) in [5.74, 6) is -0.379. The molecule has 1 aliphatic heterocycles. The second-order valence-corrected chi connectivity index (χ2v) is 7.66. The van der Waals surface area contributed by atoms with Gasteiger partial charge >= 0.3 is 6.09 Å². The number of hydrogen-bond donors (Lipinski definition) is 1. The van der Waals surface area contributed by atoms with Crippen molar-refractivity contribution in [3.05, 3.63) is 29.3 Å². The quantitative estimate of drug-likeness (QED) is 0.877. The third-order valence-corrected chi connectivity index (χ3v) is 4.74. The molecule has 140 valence electrons. The summed E-state index contributed by atoms with van der Waals surface area (Å²) < 4.78 is 19.6. The van der Waals surface area contributed by atoms with Crippen LogP contribution in [-0.4, -0.2) is 34.7 Å². The minimum absolute atomic E-state index is 0.346. The fourth-order valence-corrected chi connectivity index (χ4v) is 3.64. The van der Waals surface area contributed by atoms with E-state index < -0.39 is 11.1 Å². The van der Waals surface area contributed by atoms with Gasteiger partial charge < -0.3 is 10.5 Å². The van der Waals surface area contributed by atoms with E-state index in [9.17, 15) is 9.18 Å². The third-order valence-electron chi connectivity index (χ3n) is 4.74. The Labute approximate surface area is 149 Å². The molecule has 0 radical (unpaired) electrons. The monoisotopic (exact) mass is 351 g/mol. The van der Waals surface area contributed by atoms with E-state index >= 15 is 0 Å². The van der Waals surface area contributed by atoms with E-state index in [1.165, 1.54) is 12.3 Å². The smallest absolute Gasteiger partial charge is 0.411 e. The number of rotatable bonds is 5. The van der Waals surface area contributed by atoms with Gasteiger partial charge in [-0.2, -0.15) is 0 Å².